The van der Waals surface area contributed by atoms with E-state index in [9.17, 15) is 0 Å². The topological polar surface area (TPSA) is 26.0 Å². The largest absolute Gasteiger partial charge is 0.330 e. The molecule has 2 N–H and O–H groups in total. The molecule has 0 aromatic carbocycles. The first-order valence-corrected chi connectivity index (χ1v) is 3.73. The highest BCUT2D eigenvalue weighted by Crippen LogP contribution is 1.98. The Morgan fingerprint density at radius 2 is 2.00 bits per heavy atom. The van der Waals surface area contributed by atoms with Crippen LogP contribution in [0.4, 0.5) is 0 Å². The van der Waals surface area contributed by atoms with Crippen LogP contribution in [0.5, 0.6) is 0 Å². The molecule has 0 spiro atoms. The van der Waals surface area contributed by atoms with Gasteiger partial charge in [-0.05, 0) is 32.7 Å². The number of hydrogen-bond acceptors (Lipinski definition) is 1. The molecule has 0 unspecified atom stereocenters. The van der Waals surface area contributed by atoms with E-state index in [-0.39, 0.29) is 0 Å². The van der Waals surface area contributed by atoms with Gasteiger partial charge in [-0.1, -0.05) is 18.6 Å². The SMILES string of the molecule is C/C=C/CCCCCN. The van der Waals surface area contributed by atoms with Crippen LogP contribution in [0.15, 0.2) is 12.2 Å². The lowest BCUT2D eigenvalue weighted by Crippen LogP contribution is -1.97. The summed E-state index contributed by atoms with van der Waals surface area (Å²) < 4.78 is 0. The molecule has 0 heterocycles. The van der Waals surface area contributed by atoms with Crippen LogP contribution in [-0.4, -0.2) is 6.54 Å². The summed E-state index contributed by atoms with van der Waals surface area (Å²) in [5, 5.41) is 0. The van der Waals surface area contributed by atoms with Gasteiger partial charge in [0.2, 0.25) is 0 Å². The van der Waals surface area contributed by atoms with E-state index in [1.54, 1.807) is 0 Å². The summed E-state index contributed by atoms with van der Waals surface area (Å²) >= 11 is 0. The van der Waals surface area contributed by atoms with Crippen LogP contribution in [0, 0.1) is 0 Å². The number of hydrogen-bond donors (Lipinski definition) is 1. The van der Waals surface area contributed by atoms with Gasteiger partial charge >= 0.3 is 0 Å². The van der Waals surface area contributed by atoms with Gasteiger partial charge in [-0.2, -0.15) is 0 Å². The Morgan fingerprint density at radius 1 is 1.22 bits per heavy atom. The molecule has 0 bridgehead atoms. The monoisotopic (exact) mass is 127 g/mol. The fourth-order valence-corrected chi connectivity index (χ4v) is 0.750. The van der Waals surface area contributed by atoms with Crippen LogP contribution >= 0.6 is 0 Å². The predicted molar refractivity (Wildman–Crippen MR) is 42.3 cm³/mol. The van der Waals surface area contributed by atoms with Gasteiger partial charge in [-0.25, -0.2) is 0 Å². The normalized spacial score (nSPS) is 10.9. The lowest BCUT2D eigenvalue weighted by atomic mass is 10.2. The Balaban J connectivity index is 2.75. The quantitative estimate of drug-likeness (QED) is 0.444. The molecule has 0 saturated heterocycles. The Labute approximate surface area is 57.9 Å². The lowest BCUT2D eigenvalue weighted by Gasteiger charge is -1.92. The van der Waals surface area contributed by atoms with Crippen molar-refractivity contribution >= 4 is 0 Å². The van der Waals surface area contributed by atoms with E-state index < -0.39 is 0 Å². The molecular formula is C8H17N. The third-order valence-electron chi connectivity index (χ3n) is 1.31. The zero-order chi connectivity index (χ0) is 6.95. The van der Waals surface area contributed by atoms with Crippen molar-refractivity contribution in [2.24, 2.45) is 5.73 Å². The molecule has 0 aliphatic carbocycles. The van der Waals surface area contributed by atoms with Crippen LogP contribution < -0.4 is 5.73 Å². The van der Waals surface area contributed by atoms with Gasteiger partial charge < -0.3 is 5.73 Å². The molecule has 0 fully saturated rings. The van der Waals surface area contributed by atoms with Crippen molar-refractivity contribution in [3.8, 4) is 0 Å². The standard InChI is InChI=1S/C8H17N/c1-2-3-4-5-6-7-8-9/h2-3H,4-9H2,1H3/b3-2+. The van der Waals surface area contributed by atoms with Gasteiger partial charge in [0.15, 0.2) is 0 Å². The number of unbranched alkanes of at least 4 members (excludes halogenated alkanes) is 3. The molecule has 54 valence electrons. The van der Waals surface area contributed by atoms with Crippen molar-refractivity contribution in [2.45, 2.75) is 32.6 Å². The zero-order valence-corrected chi connectivity index (χ0v) is 6.27. The summed E-state index contributed by atoms with van der Waals surface area (Å²) in [5.74, 6) is 0. The zero-order valence-electron chi connectivity index (χ0n) is 6.27. The molecule has 0 rings (SSSR count). The molecule has 0 amide bonds. The van der Waals surface area contributed by atoms with E-state index in [0.29, 0.717) is 0 Å². The molecular weight excluding hydrogens is 110 g/mol. The summed E-state index contributed by atoms with van der Waals surface area (Å²) in [6.45, 7) is 2.90. The maximum Gasteiger partial charge on any atom is -0.00773 e. The Bertz CT molecular complexity index is 67.0. The van der Waals surface area contributed by atoms with Crippen LogP contribution in [0.3, 0.4) is 0 Å². The number of allylic oxidation sites excluding steroid dienone is 2. The van der Waals surface area contributed by atoms with E-state index in [1.165, 1.54) is 25.7 Å². The molecule has 1 heteroatoms. The summed E-state index contributed by atoms with van der Waals surface area (Å²) in [6.07, 6.45) is 9.27. The fraction of sp³-hybridized carbons (Fsp3) is 0.750. The maximum atomic E-state index is 5.33. The van der Waals surface area contributed by atoms with Crippen LogP contribution in [-0.2, 0) is 0 Å². The van der Waals surface area contributed by atoms with E-state index in [2.05, 4.69) is 19.1 Å². The third kappa shape index (κ3) is 7.70. The first-order chi connectivity index (χ1) is 4.41. The summed E-state index contributed by atoms with van der Waals surface area (Å²) in [4.78, 5) is 0. The molecule has 1 nitrogen and oxygen atoms in total. The van der Waals surface area contributed by atoms with Gasteiger partial charge in [0.25, 0.3) is 0 Å². The van der Waals surface area contributed by atoms with Crippen LogP contribution in [0.1, 0.15) is 32.6 Å². The molecule has 9 heavy (non-hydrogen) atoms. The van der Waals surface area contributed by atoms with Gasteiger partial charge in [0.05, 0.1) is 0 Å². The van der Waals surface area contributed by atoms with E-state index in [0.717, 1.165) is 6.54 Å². The summed E-state index contributed by atoms with van der Waals surface area (Å²) in [6, 6.07) is 0. The lowest BCUT2D eigenvalue weighted by molar-refractivity contribution is 0.695. The minimum Gasteiger partial charge on any atom is -0.330 e. The van der Waals surface area contributed by atoms with Gasteiger partial charge in [-0.15, -0.1) is 0 Å². The van der Waals surface area contributed by atoms with Gasteiger partial charge in [-0.3, -0.25) is 0 Å². The van der Waals surface area contributed by atoms with Gasteiger partial charge in [0.1, 0.15) is 0 Å². The van der Waals surface area contributed by atoms with E-state index >= 15 is 0 Å². The molecule has 0 aromatic rings. The number of nitrogens with two attached hydrogens (primary N) is 1. The average Bonchev–Trinajstić information content (AvgIpc) is 1.89. The van der Waals surface area contributed by atoms with Crippen molar-refractivity contribution in [1.82, 2.24) is 0 Å². The second-order valence-corrected chi connectivity index (χ2v) is 2.21. The maximum absolute atomic E-state index is 5.33. The van der Waals surface area contributed by atoms with Crippen molar-refractivity contribution < 1.29 is 0 Å². The van der Waals surface area contributed by atoms with Crippen LogP contribution in [0.25, 0.3) is 0 Å². The predicted octanol–water partition coefficient (Wildman–Crippen LogP) is 2.08. The molecule has 0 saturated carbocycles. The summed E-state index contributed by atoms with van der Waals surface area (Å²) in [5.41, 5.74) is 5.33. The third-order valence-corrected chi connectivity index (χ3v) is 1.31. The minimum atomic E-state index is 0.843. The fourth-order valence-electron chi connectivity index (χ4n) is 0.750. The Morgan fingerprint density at radius 3 is 2.56 bits per heavy atom. The van der Waals surface area contributed by atoms with Crippen LogP contribution in [0.2, 0.25) is 0 Å². The summed E-state index contributed by atoms with van der Waals surface area (Å²) in [7, 11) is 0. The van der Waals surface area contributed by atoms with Gasteiger partial charge in [0, 0.05) is 0 Å². The Hall–Kier alpha value is -0.300. The highest BCUT2D eigenvalue weighted by atomic mass is 14.5. The van der Waals surface area contributed by atoms with Crippen molar-refractivity contribution in [2.75, 3.05) is 6.54 Å². The second kappa shape index (κ2) is 7.70. The first kappa shape index (κ1) is 8.70. The molecule has 0 radical (unpaired) electrons. The second-order valence-electron chi connectivity index (χ2n) is 2.21. The van der Waals surface area contributed by atoms with E-state index in [1.807, 2.05) is 0 Å². The molecule has 0 aromatic heterocycles. The Kier molecular flexibility index (Phi) is 7.44. The van der Waals surface area contributed by atoms with E-state index in [4.69, 9.17) is 5.73 Å². The van der Waals surface area contributed by atoms with Crippen molar-refractivity contribution in [3.05, 3.63) is 12.2 Å². The highest BCUT2D eigenvalue weighted by Gasteiger charge is 1.82. The smallest absolute Gasteiger partial charge is 0.00773 e. The highest BCUT2D eigenvalue weighted by molar-refractivity contribution is 4.76. The molecule has 0 aliphatic heterocycles. The van der Waals surface area contributed by atoms with Crippen molar-refractivity contribution in [3.63, 3.8) is 0 Å². The first-order valence-electron chi connectivity index (χ1n) is 3.73. The molecule has 0 atom stereocenters. The van der Waals surface area contributed by atoms with Crippen molar-refractivity contribution in [1.29, 1.82) is 0 Å². The number of rotatable bonds is 5. The average molecular weight is 127 g/mol. The minimum absolute atomic E-state index is 0.843. The molecule has 0 aliphatic rings.